The lowest BCUT2D eigenvalue weighted by molar-refractivity contribution is 0.0959. The van der Waals surface area contributed by atoms with E-state index in [9.17, 15) is 9.59 Å². The fourth-order valence-corrected chi connectivity index (χ4v) is 4.30. The number of nitrogens with zero attached hydrogens (tertiary/aromatic N) is 4. The molecule has 1 aliphatic heterocycles. The second-order valence-electron chi connectivity index (χ2n) is 8.29. The highest BCUT2D eigenvalue weighted by atomic mass is 16.6. The van der Waals surface area contributed by atoms with Crippen molar-refractivity contribution in [3.05, 3.63) is 60.4 Å². The molecule has 0 bridgehead atoms. The number of aromatic nitrogens is 4. The molecule has 11 nitrogen and oxygen atoms in total. The van der Waals surface area contributed by atoms with Gasteiger partial charge in [-0.25, -0.2) is 9.78 Å². The monoisotopic (exact) mass is 472 g/mol. The van der Waals surface area contributed by atoms with Crippen molar-refractivity contribution in [2.24, 2.45) is 11.5 Å². The molecule has 2 amide bonds. The van der Waals surface area contributed by atoms with Crippen molar-refractivity contribution in [1.29, 1.82) is 0 Å². The highest BCUT2D eigenvalue weighted by Crippen LogP contribution is 2.33. The summed E-state index contributed by atoms with van der Waals surface area (Å²) in [5.74, 6) is 0.0121. The topological polar surface area (TPSA) is 165 Å². The summed E-state index contributed by atoms with van der Waals surface area (Å²) >= 11 is 0. The van der Waals surface area contributed by atoms with Gasteiger partial charge in [-0.3, -0.25) is 9.89 Å². The lowest BCUT2D eigenvalue weighted by Gasteiger charge is -2.32. The Morgan fingerprint density at radius 1 is 1.14 bits per heavy atom. The van der Waals surface area contributed by atoms with Crippen molar-refractivity contribution >= 4 is 40.4 Å². The van der Waals surface area contributed by atoms with Crippen molar-refractivity contribution in [1.82, 2.24) is 20.2 Å². The fraction of sp³-hybridized carbons (Fsp3) is 0.208. The van der Waals surface area contributed by atoms with Gasteiger partial charge in [0.1, 0.15) is 17.5 Å². The Kier molecular flexibility index (Phi) is 5.88. The number of rotatable bonds is 6. The zero-order chi connectivity index (χ0) is 24.4. The smallest absolute Gasteiger partial charge is 0.404 e. The minimum Gasteiger partial charge on any atom is -0.445 e. The number of fused-ring (bicyclic) bond motifs is 1. The van der Waals surface area contributed by atoms with Gasteiger partial charge < -0.3 is 26.4 Å². The van der Waals surface area contributed by atoms with Crippen LogP contribution in [0.15, 0.2) is 54.9 Å². The van der Waals surface area contributed by atoms with Crippen LogP contribution in [-0.2, 0) is 4.74 Å². The predicted octanol–water partition coefficient (Wildman–Crippen LogP) is 2.93. The molecule has 2 aromatic heterocycles. The van der Waals surface area contributed by atoms with Crippen LogP contribution in [0.1, 0.15) is 23.2 Å². The van der Waals surface area contributed by atoms with Crippen molar-refractivity contribution in [3.63, 3.8) is 0 Å². The Balaban J connectivity index is 1.50. The number of nitrogens with two attached hydrogens (primary N) is 2. The van der Waals surface area contributed by atoms with E-state index >= 15 is 0 Å². The third-order valence-corrected chi connectivity index (χ3v) is 5.89. The molecule has 0 saturated carbocycles. The molecule has 5 rings (SSSR count). The number of hydrogen-bond acceptors (Lipinski definition) is 8. The molecule has 1 fully saturated rings. The van der Waals surface area contributed by atoms with E-state index in [1.165, 1.54) is 6.20 Å². The highest BCUT2D eigenvalue weighted by Gasteiger charge is 2.25. The van der Waals surface area contributed by atoms with E-state index in [1.54, 1.807) is 6.20 Å². The predicted molar refractivity (Wildman–Crippen MR) is 131 cm³/mol. The van der Waals surface area contributed by atoms with Crippen molar-refractivity contribution in [3.8, 4) is 11.1 Å². The van der Waals surface area contributed by atoms with Gasteiger partial charge in [-0.2, -0.15) is 10.1 Å². The Hall–Kier alpha value is -4.67. The van der Waals surface area contributed by atoms with Gasteiger partial charge in [0.2, 0.25) is 5.95 Å². The molecule has 0 spiro atoms. The van der Waals surface area contributed by atoms with Crippen LogP contribution < -0.4 is 21.7 Å². The number of piperidine rings is 1. The van der Waals surface area contributed by atoms with Crippen molar-refractivity contribution in [2.75, 3.05) is 23.3 Å². The summed E-state index contributed by atoms with van der Waals surface area (Å²) in [7, 11) is 0. The Bertz CT molecular complexity index is 1390. The standard InChI is InChI=1S/C24H24N8O3/c25-21(33)19-11-27-24(32-8-4-7-16(13-32)35-23(26)34)30-22(19)29-15-9-17(14-5-2-1-3-6-14)18-12-28-31-20(18)10-15/h1-3,5-6,9-12,16H,4,7-8,13H2,(H2,25,33)(H2,26,34)(H,28,31)(H,27,29,30). The molecule has 2 aromatic carbocycles. The average molecular weight is 473 g/mol. The summed E-state index contributed by atoms with van der Waals surface area (Å²) in [6.45, 7) is 1.07. The first kappa shape index (κ1) is 22.1. The van der Waals surface area contributed by atoms with E-state index in [-0.39, 0.29) is 17.5 Å². The maximum Gasteiger partial charge on any atom is 0.404 e. The summed E-state index contributed by atoms with van der Waals surface area (Å²) in [6.07, 6.45) is 3.49. The second kappa shape index (κ2) is 9.29. The number of H-pyrrole nitrogens is 1. The molecule has 1 unspecified atom stereocenters. The zero-order valence-electron chi connectivity index (χ0n) is 18.8. The number of ether oxygens (including phenoxy) is 1. The molecule has 35 heavy (non-hydrogen) atoms. The van der Waals surface area contributed by atoms with Gasteiger partial charge in [0.05, 0.1) is 18.3 Å². The molecular formula is C24H24N8O3. The van der Waals surface area contributed by atoms with Crippen molar-refractivity contribution in [2.45, 2.75) is 18.9 Å². The molecule has 4 aromatic rings. The van der Waals surface area contributed by atoms with E-state index in [0.29, 0.717) is 31.1 Å². The van der Waals surface area contributed by atoms with Crippen LogP contribution in [0.5, 0.6) is 0 Å². The second-order valence-corrected chi connectivity index (χ2v) is 8.29. The number of carbonyl (C=O) groups is 2. The molecule has 178 valence electrons. The molecule has 1 atom stereocenters. The zero-order valence-corrected chi connectivity index (χ0v) is 18.8. The fourth-order valence-electron chi connectivity index (χ4n) is 4.30. The minimum absolute atomic E-state index is 0.154. The first-order valence-electron chi connectivity index (χ1n) is 11.2. The van der Waals surface area contributed by atoms with Crippen LogP contribution in [0.2, 0.25) is 0 Å². The number of aromatic amines is 1. The average Bonchev–Trinajstić information content (AvgIpc) is 3.32. The third kappa shape index (κ3) is 4.69. The van der Waals surface area contributed by atoms with Gasteiger partial charge in [0.15, 0.2) is 0 Å². The number of benzene rings is 2. The van der Waals surface area contributed by atoms with E-state index in [2.05, 4.69) is 25.5 Å². The Morgan fingerprint density at radius 3 is 2.74 bits per heavy atom. The largest absolute Gasteiger partial charge is 0.445 e. The van der Waals surface area contributed by atoms with Gasteiger partial charge in [0, 0.05) is 23.8 Å². The number of anilines is 3. The van der Waals surface area contributed by atoms with Gasteiger partial charge in [-0.1, -0.05) is 30.3 Å². The number of amides is 2. The molecule has 3 heterocycles. The minimum atomic E-state index is -0.812. The number of carbonyl (C=O) groups excluding carboxylic acids is 2. The van der Waals surface area contributed by atoms with Crippen molar-refractivity contribution < 1.29 is 14.3 Å². The number of hydrogen-bond donors (Lipinski definition) is 4. The molecule has 6 N–H and O–H groups in total. The lowest BCUT2D eigenvalue weighted by atomic mass is 10.0. The molecular weight excluding hydrogens is 448 g/mol. The highest BCUT2D eigenvalue weighted by molar-refractivity contribution is 6.00. The number of primary amides is 2. The van der Waals surface area contributed by atoms with E-state index in [0.717, 1.165) is 28.5 Å². The van der Waals surface area contributed by atoms with Gasteiger partial charge in [-0.05, 0) is 36.1 Å². The summed E-state index contributed by atoms with van der Waals surface area (Å²) < 4.78 is 5.16. The van der Waals surface area contributed by atoms with Crippen LogP contribution in [0, 0.1) is 0 Å². The van der Waals surface area contributed by atoms with Crippen LogP contribution in [0.4, 0.5) is 22.2 Å². The summed E-state index contributed by atoms with van der Waals surface area (Å²) in [5, 5.41) is 11.4. The quantitative estimate of drug-likeness (QED) is 0.332. The lowest BCUT2D eigenvalue weighted by Crippen LogP contribution is -2.42. The summed E-state index contributed by atoms with van der Waals surface area (Å²) in [6, 6.07) is 13.8. The van der Waals surface area contributed by atoms with Crippen LogP contribution in [-0.4, -0.2) is 51.4 Å². The Morgan fingerprint density at radius 2 is 1.97 bits per heavy atom. The van der Waals surface area contributed by atoms with Crippen LogP contribution in [0.25, 0.3) is 22.0 Å². The molecule has 0 radical (unpaired) electrons. The summed E-state index contributed by atoms with van der Waals surface area (Å²) in [4.78, 5) is 34.1. The van der Waals surface area contributed by atoms with E-state index < -0.39 is 12.0 Å². The SMILES string of the molecule is NC(=O)OC1CCCN(c2ncc(C(N)=O)c(Nc3cc(-c4ccccc4)c4cn[nH]c4c3)n2)C1. The normalized spacial score (nSPS) is 15.7. The van der Waals surface area contributed by atoms with Crippen LogP contribution >= 0.6 is 0 Å². The first-order chi connectivity index (χ1) is 17.0. The first-order valence-corrected chi connectivity index (χ1v) is 11.2. The summed E-state index contributed by atoms with van der Waals surface area (Å²) in [5.41, 5.74) is 14.5. The van der Waals surface area contributed by atoms with Gasteiger partial charge in [0.25, 0.3) is 5.91 Å². The van der Waals surface area contributed by atoms with E-state index in [1.807, 2.05) is 47.4 Å². The third-order valence-electron chi connectivity index (χ3n) is 5.89. The maximum absolute atomic E-state index is 12.1. The Labute approximate surface area is 200 Å². The molecule has 1 saturated heterocycles. The van der Waals surface area contributed by atoms with Crippen LogP contribution in [0.3, 0.4) is 0 Å². The maximum atomic E-state index is 12.1. The van der Waals surface area contributed by atoms with Gasteiger partial charge >= 0.3 is 6.09 Å². The molecule has 11 heteroatoms. The van der Waals surface area contributed by atoms with E-state index in [4.69, 9.17) is 16.2 Å². The van der Waals surface area contributed by atoms with Gasteiger partial charge in [-0.15, -0.1) is 0 Å². The molecule has 1 aliphatic rings. The molecule has 0 aliphatic carbocycles. The number of nitrogens with one attached hydrogen (secondary N) is 2.